The largest absolute Gasteiger partial charge is 0.331 e. The summed E-state index contributed by atoms with van der Waals surface area (Å²) >= 11 is 1.62. The fourth-order valence-electron chi connectivity index (χ4n) is 5.55. The van der Waals surface area contributed by atoms with E-state index in [0.29, 0.717) is 11.7 Å². The third kappa shape index (κ3) is 3.84. The summed E-state index contributed by atoms with van der Waals surface area (Å²) in [6.45, 7) is 1.99. The lowest BCUT2D eigenvalue weighted by Gasteiger charge is -2.53. The number of aryl methyl sites for hydroxylation is 2. The molecule has 2 aromatic carbocycles. The highest BCUT2D eigenvalue weighted by Crippen LogP contribution is 2.45. The first-order valence-electron chi connectivity index (χ1n) is 11.9. The topological polar surface area (TPSA) is 46.1 Å². The average Bonchev–Trinajstić information content (AvgIpc) is 3.23. The van der Waals surface area contributed by atoms with E-state index in [4.69, 9.17) is 9.97 Å². The Kier molecular flexibility index (Phi) is 5.22. The number of hydrogen-bond donors (Lipinski definition) is 0. The van der Waals surface area contributed by atoms with Gasteiger partial charge in [0.25, 0.3) is 5.91 Å². The SMILES string of the molecule is Cc1nc(C(=O)N2C(CCc3ccc4ccccc4n3)CC3CC2C3)c(-c2ccccc2)s1. The number of nitrogens with zero attached hydrogens (tertiary/aromatic N) is 3. The average molecular weight is 454 g/mol. The van der Waals surface area contributed by atoms with Gasteiger partial charge in [0.1, 0.15) is 5.69 Å². The monoisotopic (exact) mass is 453 g/mol. The maximum absolute atomic E-state index is 13.9. The Morgan fingerprint density at radius 1 is 0.970 bits per heavy atom. The first kappa shape index (κ1) is 20.5. The van der Waals surface area contributed by atoms with Crippen LogP contribution in [-0.2, 0) is 6.42 Å². The van der Waals surface area contributed by atoms with Gasteiger partial charge in [-0.3, -0.25) is 9.78 Å². The van der Waals surface area contributed by atoms with E-state index < -0.39 is 0 Å². The zero-order valence-corrected chi connectivity index (χ0v) is 19.6. The number of para-hydroxylation sites is 1. The van der Waals surface area contributed by atoms with E-state index in [1.54, 1.807) is 11.3 Å². The second-order valence-electron chi connectivity index (χ2n) is 9.40. The zero-order chi connectivity index (χ0) is 22.4. The van der Waals surface area contributed by atoms with Gasteiger partial charge in [0.2, 0.25) is 0 Å². The maximum atomic E-state index is 13.9. The molecular weight excluding hydrogens is 426 g/mol. The van der Waals surface area contributed by atoms with E-state index in [0.717, 1.165) is 64.7 Å². The predicted molar refractivity (Wildman–Crippen MR) is 133 cm³/mol. The number of thiazole rings is 1. The van der Waals surface area contributed by atoms with Crippen molar-refractivity contribution in [1.82, 2.24) is 14.9 Å². The summed E-state index contributed by atoms with van der Waals surface area (Å²) in [6, 6.07) is 23.4. The normalized spacial score (nSPS) is 21.7. The molecule has 1 unspecified atom stereocenters. The Hall–Kier alpha value is -3.05. The van der Waals surface area contributed by atoms with Crippen molar-refractivity contribution in [1.29, 1.82) is 0 Å². The lowest BCUT2D eigenvalue weighted by atomic mass is 9.69. The Balaban J connectivity index is 1.26. The minimum atomic E-state index is 0.109. The van der Waals surface area contributed by atoms with Gasteiger partial charge < -0.3 is 4.90 Å². The summed E-state index contributed by atoms with van der Waals surface area (Å²) in [5.74, 6) is 0.872. The number of fused-ring (bicyclic) bond motifs is 3. The highest BCUT2D eigenvalue weighted by atomic mass is 32.1. The molecule has 0 spiro atoms. The summed E-state index contributed by atoms with van der Waals surface area (Å²) < 4.78 is 0. The molecule has 4 nitrogen and oxygen atoms in total. The molecule has 33 heavy (non-hydrogen) atoms. The molecule has 5 heteroatoms. The van der Waals surface area contributed by atoms with Crippen molar-refractivity contribution >= 4 is 28.1 Å². The summed E-state index contributed by atoms with van der Waals surface area (Å²) in [4.78, 5) is 26.6. The van der Waals surface area contributed by atoms with Crippen molar-refractivity contribution < 1.29 is 4.79 Å². The fraction of sp³-hybridized carbons (Fsp3) is 0.321. The van der Waals surface area contributed by atoms with Gasteiger partial charge in [-0.1, -0.05) is 54.6 Å². The number of rotatable bonds is 5. The van der Waals surface area contributed by atoms with Crippen molar-refractivity contribution in [2.45, 2.75) is 51.1 Å². The van der Waals surface area contributed by atoms with Crippen molar-refractivity contribution in [3.63, 3.8) is 0 Å². The van der Waals surface area contributed by atoms with E-state index in [1.807, 2.05) is 37.3 Å². The fourth-order valence-corrected chi connectivity index (χ4v) is 6.46. The van der Waals surface area contributed by atoms with E-state index >= 15 is 0 Å². The standard InChI is InChI=1S/C28H27N3OS/c1-18-29-26(27(33-18)21-8-3-2-4-9-21)28(32)31-23(15-19-16-24(31)17-19)14-13-22-12-11-20-7-5-6-10-25(20)30-22/h2-12,19,23-24H,13-17H2,1H3. The van der Waals surface area contributed by atoms with Crippen LogP contribution in [0.5, 0.6) is 0 Å². The van der Waals surface area contributed by atoms with Gasteiger partial charge in [0.15, 0.2) is 0 Å². The van der Waals surface area contributed by atoms with Crippen LogP contribution < -0.4 is 0 Å². The van der Waals surface area contributed by atoms with Gasteiger partial charge in [-0.25, -0.2) is 4.98 Å². The molecule has 3 fully saturated rings. The first-order valence-corrected chi connectivity index (χ1v) is 12.7. The number of carbonyl (C=O) groups is 1. The third-order valence-corrected chi connectivity index (χ3v) is 8.22. The number of pyridine rings is 1. The van der Waals surface area contributed by atoms with E-state index in [2.05, 4.69) is 41.3 Å². The minimum absolute atomic E-state index is 0.109. The second kappa shape index (κ2) is 8.38. The third-order valence-electron chi connectivity index (χ3n) is 7.20. The number of piperidine rings is 2. The summed E-state index contributed by atoms with van der Waals surface area (Å²) in [5, 5.41) is 2.11. The van der Waals surface area contributed by atoms with Gasteiger partial charge in [0.05, 0.1) is 15.4 Å². The molecule has 2 bridgehead atoms. The van der Waals surface area contributed by atoms with Gasteiger partial charge >= 0.3 is 0 Å². The Morgan fingerprint density at radius 2 is 1.76 bits per heavy atom. The molecular formula is C28H27N3OS. The van der Waals surface area contributed by atoms with Crippen LogP contribution in [0.15, 0.2) is 66.7 Å². The predicted octanol–water partition coefficient (Wildman–Crippen LogP) is 6.29. The number of carbonyl (C=O) groups excluding carboxylic acids is 1. The van der Waals surface area contributed by atoms with Gasteiger partial charge in [-0.05, 0) is 62.6 Å². The smallest absolute Gasteiger partial charge is 0.274 e. The van der Waals surface area contributed by atoms with Crippen LogP contribution in [0, 0.1) is 12.8 Å². The molecule has 4 heterocycles. The molecule has 166 valence electrons. The highest BCUT2D eigenvalue weighted by Gasteiger charge is 2.46. The quantitative estimate of drug-likeness (QED) is 0.357. The number of hydrogen-bond acceptors (Lipinski definition) is 4. The van der Waals surface area contributed by atoms with Crippen LogP contribution in [0.1, 0.15) is 46.9 Å². The first-order chi connectivity index (χ1) is 16.2. The van der Waals surface area contributed by atoms with Crippen LogP contribution in [-0.4, -0.2) is 32.9 Å². The van der Waals surface area contributed by atoms with Crippen molar-refractivity contribution in [3.8, 4) is 10.4 Å². The van der Waals surface area contributed by atoms with Crippen LogP contribution >= 0.6 is 11.3 Å². The molecule has 3 aliphatic rings. The summed E-state index contributed by atoms with van der Waals surface area (Å²) in [5.41, 5.74) is 3.85. The summed E-state index contributed by atoms with van der Waals surface area (Å²) in [7, 11) is 0. The maximum Gasteiger partial charge on any atom is 0.274 e. The highest BCUT2D eigenvalue weighted by molar-refractivity contribution is 7.15. The molecule has 2 aromatic heterocycles. The van der Waals surface area contributed by atoms with Gasteiger partial charge in [0, 0.05) is 23.2 Å². The second-order valence-corrected chi connectivity index (χ2v) is 10.6. The molecule has 1 atom stereocenters. The Morgan fingerprint density at radius 3 is 2.61 bits per heavy atom. The van der Waals surface area contributed by atoms with Gasteiger partial charge in [-0.15, -0.1) is 11.3 Å². The number of amides is 1. The zero-order valence-electron chi connectivity index (χ0n) is 18.8. The molecule has 2 saturated heterocycles. The molecule has 7 rings (SSSR count). The minimum Gasteiger partial charge on any atom is -0.331 e. The van der Waals surface area contributed by atoms with Crippen molar-refractivity contribution in [3.05, 3.63) is 83.1 Å². The molecule has 1 aliphatic carbocycles. The lowest BCUT2D eigenvalue weighted by Crippen LogP contribution is -2.59. The Bertz CT molecular complexity index is 1310. The number of benzene rings is 2. The summed E-state index contributed by atoms with van der Waals surface area (Å²) in [6.07, 6.45) is 5.22. The molecule has 4 aromatic rings. The van der Waals surface area contributed by atoms with Crippen molar-refractivity contribution in [2.75, 3.05) is 0 Å². The van der Waals surface area contributed by atoms with Crippen LogP contribution in [0.4, 0.5) is 0 Å². The van der Waals surface area contributed by atoms with Crippen LogP contribution in [0.3, 0.4) is 0 Å². The molecule has 0 radical (unpaired) electrons. The lowest BCUT2D eigenvalue weighted by molar-refractivity contribution is -0.0205. The molecule has 0 N–H and O–H groups in total. The molecule has 2 aliphatic heterocycles. The van der Waals surface area contributed by atoms with E-state index in [9.17, 15) is 4.79 Å². The Labute approximate surface area is 198 Å². The van der Waals surface area contributed by atoms with Gasteiger partial charge in [-0.2, -0.15) is 0 Å². The van der Waals surface area contributed by atoms with E-state index in [1.165, 1.54) is 5.39 Å². The molecule has 1 saturated carbocycles. The van der Waals surface area contributed by atoms with E-state index in [-0.39, 0.29) is 11.9 Å². The number of aromatic nitrogens is 2. The van der Waals surface area contributed by atoms with Crippen LogP contribution in [0.25, 0.3) is 21.3 Å². The molecule has 1 amide bonds. The van der Waals surface area contributed by atoms with Crippen LogP contribution in [0.2, 0.25) is 0 Å². The van der Waals surface area contributed by atoms with Crippen molar-refractivity contribution in [2.24, 2.45) is 5.92 Å².